The van der Waals surface area contributed by atoms with Gasteiger partial charge in [-0.1, -0.05) is 6.42 Å². The van der Waals surface area contributed by atoms with Crippen LogP contribution in [0, 0.1) is 21.4 Å². The Morgan fingerprint density at radius 1 is 1.50 bits per heavy atom. The van der Waals surface area contributed by atoms with Gasteiger partial charge in [0.1, 0.15) is 0 Å². The number of likely N-dealkylation sites (N-methyl/N-ethyl adjacent to an activating group) is 1. The third-order valence-electron chi connectivity index (χ3n) is 2.14. The standard InChI is InChI=1S/C8H16N2.CH3.Lr/c1-8(9-2)5-4-6-10(3)7-8;;/h9H,1-2,4-7H2,3H3;1H3;/q-2;-1;. The summed E-state index contributed by atoms with van der Waals surface area (Å²) in [5.41, 5.74) is 0.00694. The maximum Gasteiger partial charge on any atom is 0 e. The molecule has 0 aromatic rings. The number of nitrogens with zero attached hydrogens (tertiary/aromatic N) is 1. The van der Waals surface area contributed by atoms with Crippen molar-refractivity contribution in [1.82, 2.24) is 10.2 Å². The molecule has 1 radical (unpaired) electrons. The van der Waals surface area contributed by atoms with Crippen molar-refractivity contribution in [2.75, 3.05) is 20.1 Å². The van der Waals surface area contributed by atoms with E-state index in [1.54, 1.807) is 0 Å². The molecule has 1 saturated heterocycles. The molecule has 0 aliphatic carbocycles. The molecule has 0 saturated carbocycles. The SMILES string of the molecule is [CH2-]NC1([CH2-])CCCN(C)C1.[CH3-].[Lr]. The van der Waals surface area contributed by atoms with E-state index in [-0.39, 0.29) is 13.0 Å². The van der Waals surface area contributed by atoms with E-state index >= 15 is 0 Å². The number of hydrogen-bond donors (Lipinski definition) is 1. The minimum Gasteiger partial charge on any atom is -0.492 e. The molecule has 1 rings (SSSR count). The summed E-state index contributed by atoms with van der Waals surface area (Å²) in [6.45, 7) is 6.29. The average Bonchev–Trinajstić information content (AvgIpc) is 1.88. The van der Waals surface area contributed by atoms with Gasteiger partial charge in [-0.2, -0.15) is 0 Å². The van der Waals surface area contributed by atoms with E-state index in [1.165, 1.54) is 13.0 Å². The molecule has 0 aromatic carbocycles. The van der Waals surface area contributed by atoms with Crippen molar-refractivity contribution in [3.63, 3.8) is 0 Å². The van der Waals surface area contributed by atoms with Gasteiger partial charge >= 0.3 is 0 Å². The maximum atomic E-state index is 4.08. The number of hydrogen-bond acceptors (Lipinski definition) is 2. The summed E-state index contributed by atoms with van der Waals surface area (Å²) in [6.07, 6.45) is 2.36. The predicted octanol–water partition coefficient (Wildman–Crippen LogP) is 1.12. The van der Waals surface area contributed by atoms with Crippen LogP contribution < -0.4 is 5.32 Å². The largest absolute Gasteiger partial charge is 0.492 e. The third kappa shape index (κ3) is 2.89. The fourth-order valence-electron chi connectivity index (χ4n) is 1.51. The van der Waals surface area contributed by atoms with Gasteiger partial charge in [-0.05, 0) is 26.6 Å². The first-order valence-corrected chi connectivity index (χ1v) is 3.74. The fourth-order valence-corrected chi connectivity index (χ4v) is 1.51. The predicted molar refractivity (Wildman–Crippen MR) is 49.7 cm³/mol. The van der Waals surface area contributed by atoms with Gasteiger partial charge in [0, 0.05) is 0 Å². The van der Waals surface area contributed by atoms with Gasteiger partial charge in [-0.15, -0.1) is 5.54 Å². The molecule has 1 aliphatic heterocycles. The first-order chi connectivity index (χ1) is 4.66. The van der Waals surface area contributed by atoms with Gasteiger partial charge in [-0.25, -0.2) is 0 Å². The average molecular weight is 417 g/mol. The van der Waals surface area contributed by atoms with Gasteiger partial charge in [0.15, 0.2) is 0 Å². The topological polar surface area (TPSA) is 15.3 Å². The van der Waals surface area contributed by atoms with E-state index in [0.29, 0.717) is 0 Å². The van der Waals surface area contributed by atoms with Gasteiger partial charge in [0.05, 0.1) is 0 Å². The van der Waals surface area contributed by atoms with Crippen LogP contribution in [-0.4, -0.2) is 30.6 Å². The minimum atomic E-state index is 0. The van der Waals surface area contributed by atoms with Crippen molar-refractivity contribution in [2.24, 2.45) is 0 Å². The summed E-state index contributed by atoms with van der Waals surface area (Å²) in [6, 6.07) is 0. The fraction of sp³-hybridized carbons (Fsp3) is 0.667. The second-order valence-corrected chi connectivity index (χ2v) is 3.30. The van der Waals surface area contributed by atoms with E-state index in [2.05, 4.69) is 31.2 Å². The van der Waals surface area contributed by atoms with Crippen LogP contribution in [0.4, 0.5) is 0 Å². The molecule has 0 amide bonds. The molecule has 12 heavy (non-hydrogen) atoms. The van der Waals surface area contributed by atoms with Gasteiger partial charge in [-0.3, -0.25) is 7.05 Å². The molecule has 1 aliphatic rings. The van der Waals surface area contributed by atoms with Gasteiger partial charge < -0.3 is 24.6 Å². The zero-order chi connectivity index (χ0) is 7.61. The van der Waals surface area contributed by atoms with E-state index in [0.717, 1.165) is 13.0 Å². The van der Waals surface area contributed by atoms with Crippen LogP contribution in [0.5, 0.6) is 0 Å². The zero-order valence-corrected chi connectivity index (χ0v) is 10.1. The number of likely N-dealkylation sites (tertiary alicyclic amines) is 1. The van der Waals surface area contributed by atoms with Crippen molar-refractivity contribution in [2.45, 2.75) is 18.4 Å². The molecule has 3 heteroatoms. The van der Waals surface area contributed by atoms with Crippen molar-refractivity contribution >= 4 is 0 Å². The molecule has 0 bridgehead atoms. The molecule has 2 nitrogen and oxygen atoms in total. The molecule has 1 N–H and O–H groups in total. The van der Waals surface area contributed by atoms with Crippen LogP contribution in [-0.2, 0) is 0 Å². The van der Waals surface area contributed by atoms with Crippen LogP contribution >= 0.6 is 0 Å². The van der Waals surface area contributed by atoms with Gasteiger partial charge in [0.2, 0.25) is 0 Å². The maximum absolute atomic E-state index is 4.08. The Hall–Kier alpha value is -1.08. The smallest absolute Gasteiger partial charge is 0 e. The normalized spacial score (nSPS) is 30.2. The third-order valence-corrected chi connectivity index (χ3v) is 2.14. The first-order valence-electron chi connectivity index (χ1n) is 3.74. The molecular weight excluding hydrogens is 398 g/mol. The molecule has 1 fully saturated rings. The Morgan fingerprint density at radius 3 is 2.42 bits per heavy atom. The van der Waals surface area contributed by atoms with Crippen LogP contribution in [0.3, 0.4) is 0 Å². The zero-order valence-electron chi connectivity index (χ0n) is 7.95. The summed E-state index contributed by atoms with van der Waals surface area (Å²) in [4.78, 5) is 2.29. The van der Waals surface area contributed by atoms with Crippen molar-refractivity contribution in [3.05, 3.63) is 21.4 Å². The summed E-state index contributed by atoms with van der Waals surface area (Å²) in [5, 5.41) is 3.01. The monoisotopic (exact) mass is 417 g/mol. The second kappa shape index (κ2) is 4.73. The van der Waals surface area contributed by atoms with E-state index in [4.69, 9.17) is 0 Å². The Balaban J connectivity index is 0. The van der Waals surface area contributed by atoms with Crippen LogP contribution in [0.15, 0.2) is 0 Å². The van der Waals surface area contributed by atoms with Crippen molar-refractivity contribution < 1.29 is 0 Å². The molecule has 0 aromatic heterocycles. The van der Waals surface area contributed by atoms with Crippen LogP contribution in [0.25, 0.3) is 0 Å². The number of piperidine rings is 1. The molecular formula is C9H19LrN2-3. The summed E-state index contributed by atoms with van der Waals surface area (Å²) >= 11 is 0. The van der Waals surface area contributed by atoms with Crippen LogP contribution in [0.1, 0.15) is 12.8 Å². The van der Waals surface area contributed by atoms with Crippen molar-refractivity contribution in [1.29, 1.82) is 0 Å². The molecule has 1 atom stereocenters. The second-order valence-electron chi connectivity index (χ2n) is 3.30. The summed E-state index contributed by atoms with van der Waals surface area (Å²) < 4.78 is 0. The summed E-state index contributed by atoms with van der Waals surface area (Å²) in [7, 11) is 5.80. The number of nitrogens with one attached hydrogen (secondary N) is 1. The molecule has 1 heterocycles. The van der Waals surface area contributed by atoms with Crippen molar-refractivity contribution in [3.8, 4) is 0 Å². The number of rotatable bonds is 1. The molecule has 1 unspecified atom stereocenters. The quantitative estimate of drug-likeness (QED) is 0.644. The van der Waals surface area contributed by atoms with E-state index in [9.17, 15) is 0 Å². The van der Waals surface area contributed by atoms with Crippen LogP contribution in [0.2, 0.25) is 0 Å². The molecule has 83 valence electrons. The Morgan fingerprint density at radius 2 is 2.08 bits per heavy atom. The summed E-state index contributed by atoms with van der Waals surface area (Å²) in [5.74, 6) is 0. The Kier molecular flexibility index (Phi) is 5.32. The van der Waals surface area contributed by atoms with E-state index in [1.807, 2.05) is 0 Å². The Labute approximate surface area is 71.0 Å². The minimum absolute atomic E-state index is 0. The molecule has 0 spiro atoms. The van der Waals surface area contributed by atoms with Gasteiger partial charge in [0.25, 0.3) is 0 Å². The first kappa shape index (κ1) is 13.5. The Bertz CT molecular complexity index is 119. The van der Waals surface area contributed by atoms with E-state index < -0.39 is 0 Å².